The summed E-state index contributed by atoms with van der Waals surface area (Å²) >= 11 is 0. The second-order valence-corrected chi connectivity index (χ2v) is 5.49. The van der Waals surface area contributed by atoms with Gasteiger partial charge in [0.15, 0.2) is 0 Å². The average Bonchev–Trinajstić information content (AvgIpc) is 2.92. The third-order valence-corrected chi connectivity index (χ3v) is 4.05. The minimum atomic E-state index is -0.769. The summed E-state index contributed by atoms with van der Waals surface area (Å²) in [5, 5.41) is 10.7. The molecule has 20 heavy (non-hydrogen) atoms. The highest BCUT2D eigenvalue weighted by molar-refractivity contribution is 5.37. The van der Waals surface area contributed by atoms with Crippen molar-refractivity contribution in [3.63, 3.8) is 0 Å². The van der Waals surface area contributed by atoms with Gasteiger partial charge >= 0.3 is 0 Å². The van der Waals surface area contributed by atoms with E-state index in [1.807, 2.05) is 37.3 Å². The fourth-order valence-corrected chi connectivity index (χ4v) is 2.76. The molecule has 0 fully saturated rings. The molecule has 2 atom stereocenters. The molecule has 3 rings (SSSR count). The molecule has 1 aliphatic heterocycles. The van der Waals surface area contributed by atoms with Crippen LogP contribution in [0.2, 0.25) is 0 Å². The maximum atomic E-state index is 10.7. The third-order valence-electron chi connectivity index (χ3n) is 4.05. The molecule has 3 N–H and O–H groups in total. The van der Waals surface area contributed by atoms with E-state index in [0.717, 1.165) is 17.1 Å². The van der Waals surface area contributed by atoms with Crippen LogP contribution in [0.1, 0.15) is 23.2 Å². The molecule has 0 spiro atoms. The van der Waals surface area contributed by atoms with Crippen LogP contribution in [0.25, 0.3) is 0 Å². The molecule has 0 amide bonds. The third kappa shape index (κ3) is 2.11. The lowest BCUT2D eigenvalue weighted by molar-refractivity contribution is -0.0282. The van der Waals surface area contributed by atoms with Crippen LogP contribution in [0.15, 0.2) is 40.8 Å². The summed E-state index contributed by atoms with van der Waals surface area (Å²) in [5.41, 5.74) is 6.49. The first-order valence-corrected chi connectivity index (χ1v) is 6.80. The van der Waals surface area contributed by atoms with Gasteiger partial charge in [0.2, 0.25) is 0 Å². The van der Waals surface area contributed by atoms with Gasteiger partial charge in [0.1, 0.15) is 23.4 Å². The monoisotopic (exact) mass is 273 g/mol. The Balaban J connectivity index is 1.93. The predicted molar refractivity (Wildman–Crippen MR) is 75.5 cm³/mol. The molecular weight excluding hydrogens is 254 g/mol. The second kappa shape index (κ2) is 4.96. The fraction of sp³-hybridized carbons (Fsp3) is 0.375. The molecule has 2 heterocycles. The molecule has 0 bridgehead atoms. The van der Waals surface area contributed by atoms with Crippen molar-refractivity contribution >= 4 is 0 Å². The van der Waals surface area contributed by atoms with E-state index in [9.17, 15) is 5.11 Å². The summed E-state index contributed by atoms with van der Waals surface area (Å²) < 4.78 is 11.4. The van der Waals surface area contributed by atoms with Gasteiger partial charge in [0.05, 0.1) is 12.0 Å². The van der Waals surface area contributed by atoms with E-state index in [1.165, 1.54) is 0 Å². The standard InChI is InChI=1S/C16H19NO3/c1-11-6-7-14(20-11)15(18)16(9-17)8-12-4-2-3-5-13(12)19-10-16/h2-7,15,18H,8-10,17H2,1H3. The van der Waals surface area contributed by atoms with Gasteiger partial charge in [-0.15, -0.1) is 0 Å². The normalized spacial score (nSPS) is 22.9. The van der Waals surface area contributed by atoms with E-state index >= 15 is 0 Å². The van der Waals surface area contributed by atoms with Crippen molar-refractivity contribution in [2.75, 3.05) is 13.2 Å². The Morgan fingerprint density at radius 2 is 2.10 bits per heavy atom. The van der Waals surface area contributed by atoms with E-state index in [1.54, 1.807) is 6.07 Å². The number of aliphatic hydroxyl groups excluding tert-OH is 1. The molecule has 1 aromatic heterocycles. The van der Waals surface area contributed by atoms with Crippen LogP contribution in [0.5, 0.6) is 5.75 Å². The van der Waals surface area contributed by atoms with Gasteiger partial charge < -0.3 is 20.0 Å². The van der Waals surface area contributed by atoms with E-state index in [2.05, 4.69) is 0 Å². The van der Waals surface area contributed by atoms with Gasteiger partial charge in [-0.05, 0) is 37.1 Å². The summed E-state index contributed by atoms with van der Waals surface area (Å²) in [6, 6.07) is 11.5. The zero-order chi connectivity index (χ0) is 14.2. The molecule has 1 aliphatic rings. The summed E-state index contributed by atoms with van der Waals surface area (Å²) in [7, 11) is 0. The smallest absolute Gasteiger partial charge is 0.133 e. The van der Waals surface area contributed by atoms with Gasteiger partial charge in [0.25, 0.3) is 0 Å². The summed E-state index contributed by atoms with van der Waals surface area (Å²) in [6.07, 6.45) is -0.0878. The first kappa shape index (κ1) is 13.2. The molecule has 0 aliphatic carbocycles. The van der Waals surface area contributed by atoms with Crippen molar-refractivity contribution in [2.45, 2.75) is 19.4 Å². The Bertz CT molecular complexity index is 607. The number of hydrogen-bond acceptors (Lipinski definition) is 4. The lowest BCUT2D eigenvalue weighted by Crippen LogP contribution is -2.45. The Morgan fingerprint density at radius 1 is 1.30 bits per heavy atom. The first-order valence-electron chi connectivity index (χ1n) is 6.80. The van der Waals surface area contributed by atoms with E-state index in [4.69, 9.17) is 14.9 Å². The van der Waals surface area contributed by atoms with Gasteiger partial charge in [-0.3, -0.25) is 0 Å². The zero-order valence-corrected chi connectivity index (χ0v) is 11.5. The highest BCUT2D eigenvalue weighted by Crippen LogP contribution is 2.42. The van der Waals surface area contributed by atoms with Crippen LogP contribution >= 0.6 is 0 Å². The number of aliphatic hydroxyl groups is 1. The summed E-state index contributed by atoms with van der Waals surface area (Å²) in [6.45, 7) is 2.59. The summed E-state index contributed by atoms with van der Waals surface area (Å²) in [4.78, 5) is 0. The summed E-state index contributed by atoms with van der Waals surface area (Å²) in [5.74, 6) is 2.21. The number of nitrogens with two attached hydrogens (primary N) is 1. The van der Waals surface area contributed by atoms with E-state index in [0.29, 0.717) is 25.3 Å². The topological polar surface area (TPSA) is 68.6 Å². The molecule has 2 unspecified atom stereocenters. The van der Waals surface area contributed by atoms with Crippen LogP contribution in [-0.2, 0) is 6.42 Å². The highest BCUT2D eigenvalue weighted by Gasteiger charge is 2.43. The largest absolute Gasteiger partial charge is 0.493 e. The second-order valence-electron chi connectivity index (χ2n) is 5.49. The number of furan rings is 1. The minimum Gasteiger partial charge on any atom is -0.493 e. The van der Waals surface area contributed by atoms with Gasteiger partial charge in [-0.25, -0.2) is 0 Å². The maximum Gasteiger partial charge on any atom is 0.133 e. The first-order chi connectivity index (χ1) is 9.64. The highest BCUT2D eigenvalue weighted by atomic mass is 16.5. The molecule has 0 saturated heterocycles. The van der Waals surface area contributed by atoms with Gasteiger partial charge in [0, 0.05) is 6.54 Å². The van der Waals surface area contributed by atoms with Crippen molar-refractivity contribution in [1.29, 1.82) is 0 Å². The molecule has 2 aromatic rings. The van der Waals surface area contributed by atoms with Crippen molar-refractivity contribution in [1.82, 2.24) is 0 Å². The maximum absolute atomic E-state index is 10.7. The Hall–Kier alpha value is -1.78. The number of fused-ring (bicyclic) bond motifs is 1. The number of benzene rings is 1. The Kier molecular flexibility index (Phi) is 3.28. The van der Waals surface area contributed by atoms with Gasteiger partial charge in [-0.1, -0.05) is 18.2 Å². The number of para-hydroxylation sites is 1. The van der Waals surface area contributed by atoms with Crippen molar-refractivity contribution in [2.24, 2.45) is 11.1 Å². The van der Waals surface area contributed by atoms with Crippen LogP contribution in [-0.4, -0.2) is 18.3 Å². The molecule has 0 saturated carbocycles. The zero-order valence-electron chi connectivity index (χ0n) is 11.5. The molecule has 4 heteroatoms. The van der Waals surface area contributed by atoms with E-state index in [-0.39, 0.29) is 0 Å². The van der Waals surface area contributed by atoms with Crippen LogP contribution in [0, 0.1) is 12.3 Å². The molecule has 0 radical (unpaired) electrons. The lowest BCUT2D eigenvalue weighted by atomic mass is 9.75. The number of rotatable bonds is 3. The Morgan fingerprint density at radius 3 is 2.80 bits per heavy atom. The molecule has 4 nitrogen and oxygen atoms in total. The van der Waals surface area contributed by atoms with Gasteiger partial charge in [-0.2, -0.15) is 0 Å². The lowest BCUT2D eigenvalue weighted by Gasteiger charge is -2.39. The molecule has 1 aromatic carbocycles. The van der Waals surface area contributed by atoms with Crippen molar-refractivity contribution < 1.29 is 14.3 Å². The number of hydrogen-bond donors (Lipinski definition) is 2. The number of ether oxygens (including phenoxy) is 1. The van der Waals surface area contributed by atoms with Crippen molar-refractivity contribution in [3.8, 4) is 5.75 Å². The van der Waals surface area contributed by atoms with Crippen LogP contribution < -0.4 is 10.5 Å². The Labute approximate surface area is 118 Å². The minimum absolute atomic E-state index is 0.336. The SMILES string of the molecule is Cc1ccc(C(O)C2(CN)COc3ccccc3C2)o1. The van der Waals surface area contributed by atoms with E-state index < -0.39 is 11.5 Å². The average molecular weight is 273 g/mol. The van der Waals surface area contributed by atoms with Crippen molar-refractivity contribution in [3.05, 3.63) is 53.5 Å². The molecule has 106 valence electrons. The number of aryl methyl sites for hydroxylation is 1. The molecular formula is C16H19NO3. The predicted octanol–water partition coefficient (Wildman–Crippen LogP) is 2.20. The van der Waals surface area contributed by atoms with Crippen LogP contribution in [0.4, 0.5) is 0 Å². The fourth-order valence-electron chi connectivity index (χ4n) is 2.76. The van der Waals surface area contributed by atoms with Crippen LogP contribution in [0.3, 0.4) is 0 Å². The quantitative estimate of drug-likeness (QED) is 0.899.